The molecule has 1 aliphatic rings. The van der Waals surface area contributed by atoms with Crippen molar-refractivity contribution in [2.75, 3.05) is 13.1 Å². The number of carbonyl (C=O) groups is 1. The van der Waals surface area contributed by atoms with Gasteiger partial charge in [-0.3, -0.25) is 4.79 Å². The molecule has 0 aliphatic carbocycles. The van der Waals surface area contributed by atoms with Crippen molar-refractivity contribution in [1.29, 1.82) is 0 Å². The topological polar surface area (TPSA) is 29.5 Å². The number of β-lactam (4-membered cyclic amide) rings is 1. The van der Waals surface area contributed by atoms with E-state index in [2.05, 4.69) is 47.4 Å². The van der Waals surface area contributed by atoms with E-state index in [0.29, 0.717) is 0 Å². The predicted octanol–water partition coefficient (Wildman–Crippen LogP) is 3.82. The Morgan fingerprint density at radius 1 is 1.50 bits per heavy atom. The number of hydrogen-bond acceptors (Lipinski definition) is 2. The first-order valence-electron chi connectivity index (χ1n) is 7.67. The highest BCUT2D eigenvalue weighted by Gasteiger charge is 2.45. The van der Waals surface area contributed by atoms with E-state index in [1.165, 1.54) is 0 Å². The summed E-state index contributed by atoms with van der Waals surface area (Å²) < 4.78 is 6.33. The number of nitrogens with zero attached hydrogens (tertiary/aromatic N) is 1. The minimum absolute atomic E-state index is 0.0408. The van der Waals surface area contributed by atoms with Crippen LogP contribution in [0.2, 0.25) is 18.1 Å². The van der Waals surface area contributed by atoms with Crippen LogP contribution in [-0.2, 0) is 9.22 Å². The number of likely N-dealkylation sites (tertiary alicyclic amines) is 1. The normalized spacial score (nSPS) is 21.6. The largest absolute Gasteiger partial charge is 0.413 e. The fourth-order valence-corrected chi connectivity index (χ4v) is 3.68. The van der Waals surface area contributed by atoms with E-state index in [0.717, 1.165) is 25.9 Å². The Kier molecular flexibility index (Phi) is 5.61. The Morgan fingerprint density at radius 2 is 2.10 bits per heavy atom. The van der Waals surface area contributed by atoms with E-state index in [1.807, 2.05) is 11.0 Å². The maximum atomic E-state index is 12.2. The smallest absolute Gasteiger partial charge is 0.230 e. The molecule has 1 fully saturated rings. The summed E-state index contributed by atoms with van der Waals surface area (Å²) in [7, 11) is -1.78. The van der Waals surface area contributed by atoms with Crippen molar-refractivity contribution in [1.82, 2.24) is 4.90 Å². The molecule has 0 aromatic heterocycles. The lowest BCUT2D eigenvalue weighted by molar-refractivity contribution is -0.153. The molecule has 116 valence electrons. The lowest BCUT2D eigenvalue weighted by Crippen LogP contribution is -2.59. The monoisotopic (exact) mass is 297 g/mol. The highest BCUT2D eigenvalue weighted by molar-refractivity contribution is 6.74. The molecule has 0 unspecified atom stereocenters. The van der Waals surface area contributed by atoms with Gasteiger partial charge >= 0.3 is 0 Å². The standard InChI is InChI=1S/C16H31NO2Si/c1-8-9-10-11-17-12-14(15(17)18)13(2)19-20(6,7)16(3,4)5/h8,13-14H,1,9-12H2,2-7H3/t13-,14+/m1/s1. The van der Waals surface area contributed by atoms with E-state index < -0.39 is 8.32 Å². The first-order valence-corrected chi connectivity index (χ1v) is 10.6. The minimum atomic E-state index is -1.78. The summed E-state index contributed by atoms with van der Waals surface area (Å²) in [4.78, 5) is 14.1. The lowest BCUT2D eigenvalue weighted by Gasteiger charge is -2.45. The molecular weight excluding hydrogens is 266 g/mol. The summed E-state index contributed by atoms with van der Waals surface area (Å²) in [5, 5.41) is 0.192. The number of unbranched alkanes of at least 4 members (excludes halogenated alkanes) is 1. The minimum Gasteiger partial charge on any atom is -0.413 e. The molecule has 1 saturated heterocycles. The maximum Gasteiger partial charge on any atom is 0.230 e. The van der Waals surface area contributed by atoms with Crippen LogP contribution in [0.1, 0.15) is 40.5 Å². The van der Waals surface area contributed by atoms with Crippen LogP contribution in [0, 0.1) is 5.92 Å². The molecule has 1 rings (SSSR count). The van der Waals surface area contributed by atoms with Gasteiger partial charge in [-0.25, -0.2) is 0 Å². The molecule has 20 heavy (non-hydrogen) atoms. The van der Waals surface area contributed by atoms with E-state index in [-0.39, 0.29) is 23.0 Å². The van der Waals surface area contributed by atoms with Gasteiger partial charge in [0, 0.05) is 13.1 Å². The van der Waals surface area contributed by atoms with Gasteiger partial charge < -0.3 is 9.33 Å². The summed E-state index contributed by atoms with van der Waals surface area (Å²) in [6.07, 6.45) is 3.94. The fourth-order valence-electron chi connectivity index (χ4n) is 2.23. The summed E-state index contributed by atoms with van der Waals surface area (Å²) in [6, 6.07) is 0. The van der Waals surface area contributed by atoms with E-state index in [4.69, 9.17) is 4.43 Å². The quantitative estimate of drug-likeness (QED) is 0.309. The van der Waals surface area contributed by atoms with Gasteiger partial charge in [0.1, 0.15) is 0 Å². The van der Waals surface area contributed by atoms with Gasteiger partial charge in [0.15, 0.2) is 8.32 Å². The average Bonchev–Trinajstić information content (AvgIpc) is 2.30. The van der Waals surface area contributed by atoms with Crippen LogP contribution < -0.4 is 0 Å². The van der Waals surface area contributed by atoms with Gasteiger partial charge in [-0.2, -0.15) is 0 Å². The molecule has 1 aliphatic heterocycles. The molecule has 0 aromatic carbocycles. The van der Waals surface area contributed by atoms with Crippen molar-refractivity contribution >= 4 is 14.2 Å². The molecule has 0 N–H and O–H groups in total. The second-order valence-electron chi connectivity index (χ2n) is 7.40. The molecule has 3 nitrogen and oxygen atoms in total. The Morgan fingerprint density at radius 3 is 2.55 bits per heavy atom. The zero-order valence-corrected chi connectivity index (χ0v) is 15.0. The maximum absolute atomic E-state index is 12.2. The molecule has 0 bridgehead atoms. The van der Waals surface area contributed by atoms with Crippen LogP contribution >= 0.6 is 0 Å². The van der Waals surface area contributed by atoms with Crippen molar-refractivity contribution < 1.29 is 9.22 Å². The van der Waals surface area contributed by atoms with Crippen molar-refractivity contribution in [2.45, 2.75) is 64.8 Å². The van der Waals surface area contributed by atoms with Gasteiger partial charge in [0.2, 0.25) is 5.91 Å². The summed E-state index contributed by atoms with van der Waals surface area (Å²) in [5.74, 6) is 0.327. The Hall–Kier alpha value is -0.613. The molecule has 4 heteroatoms. The first-order chi connectivity index (χ1) is 9.10. The fraction of sp³-hybridized carbons (Fsp3) is 0.812. The van der Waals surface area contributed by atoms with Gasteiger partial charge in [0.05, 0.1) is 12.0 Å². The SMILES string of the molecule is C=CCCCN1C[C@@H]([C@@H](C)O[Si](C)(C)C(C)(C)C)C1=O. The second-order valence-corrected chi connectivity index (χ2v) is 12.2. The molecule has 0 spiro atoms. The number of amides is 1. The van der Waals surface area contributed by atoms with Crippen molar-refractivity contribution in [3.05, 3.63) is 12.7 Å². The van der Waals surface area contributed by atoms with Crippen LogP contribution in [0.15, 0.2) is 12.7 Å². The average molecular weight is 298 g/mol. The zero-order valence-electron chi connectivity index (χ0n) is 14.0. The van der Waals surface area contributed by atoms with E-state index >= 15 is 0 Å². The summed E-state index contributed by atoms with van der Waals surface area (Å²) in [5.41, 5.74) is 0. The van der Waals surface area contributed by atoms with E-state index in [9.17, 15) is 4.79 Å². The van der Waals surface area contributed by atoms with Crippen LogP contribution in [0.3, 0.4) is 0 Å². The van der Waals surface area contributed by atoms with Crippen LogP contribution in [0.5, 0.6) is 0 Å². The van der Waals surface area contributed by atoms with Crippen molar-refractivity contribution in [3.63, 3.8) is 0 Å². The number of carbonyl (C=O) groups excluding carboxylic acids is 1. The third-order valence-electron chi connectivity index (χ3n) is 4.74. The Balaban J connectivity index is 2.46. The summed E-state index contributed by atoms with van der Waals surface area (Å²) in [6.45, 7) is 18.7. The van der Waals surface area contributed by atoms with E-state index in [1.54, 1.807) is 0 Å². The Labute approximate surface area is 125 Å². The summed E-state index contributed by atoms with van der Waals surface area (Å²) >= 11 is 0. The second kappa shape index (κ2) is 6.44. The van der Waals surface area contributed by atoms with Crippen LogP contribution in [0.25, 0.3) is 0 Å². The van der Waals surface area contributed by atoms with Gasteiger partial charge in [-0.15, -0.1) is 6.58 Å². The van der Waals surface area contributed by atoms with Crippen LogP contribution in [-0.4, -0.2) is 38.3 Å². The van der Waals surface area contributed by atoms with Crippen molar-refractivity contribution in [2.24, 2.45) is 5.92 Å². The number of allylic oxidation sites excluding steroid dienone is 1. The lowest BCUT2D eigenvalue weighted by atomic mass is 9.93. The van der Waals surface area contributed by atoms with Crippen molar-refractivity contribution in [3.8, 4) is 0 Å². The van der Waals surface area contributed by atoms with Gasteiger partial charge in [0.25, 0.3) is 0 Å². The highest BCUT2D eigenvalue weighted by Crippen LogP contribution is 2.39. The van der Waals surface area contributed by atoms with Crippen LogP contribution in [0.4, 0.5) is 0 Å². The molecule has 0 saturated carbocycles. The molecule has 0 radical (unpaired) electrons. The third-order valence-corrected chi connectivity index (χ3v) is 9.31. The van der Waals surface area contributed by atoms with Gasteiger partial charge in [-0.1, -0.05) is 26.8 Å². The highest BCUT2D eigenvalue weighted by atomic mass is 28.4. The third kappa shape index (κ3) is 3.95. The molecule has 1 heterocycles. The molecule has 0 aromatic rings. The van der Waals surface area contributed by atoms with Gasteiger partial charge in [-0.05, 0) is 37.9 Å². The Bertz CT molecular complexity index is 360. The first kappa shape index (κ1) is 17.4. The number of rotatable bonds is 7. The predicted molar refractivity (Wildman–Crippen MR) is 87.2 cm³/mol. The molecular formula is C16H31NO2Si. The zero-order chi connectivity index (χ0) is 15.6. The molecule has 2 atom stereocenters. The molecule has 1 amide bonds. The number of hydrogen-bond donors (Lipinski definition) is 0.